The van der Waals surface area contributed by atoms with Gasteiger partial charge in [0.2, 0.25) is 0 Å². The molecule has 52 heavy (non-hydrogen) atoms. The van der Waals surface area contributed by atoms with Gasteiger partial charge < -0.3 is 13.7 Å². The number of hydrogen-bond donors (Lipinski definition) is 0. The topological polar surface area (TPSA) is 14.8 Å². The lowest BCUT2D eigenvalue weighted by molar-refractivity contribution is 1.000. The second kappa shape index (κ2) is 12.6. The van der Waals surface area contributed by atoms with Crippen molar-refractivity contribution >= 4 is 55.4 Å². The highest BCUT2D eigenvalue weighted by molar-refractivity contribution is 6.06. The predicted octanol–water partition coefficient (Wildman–Crippen LogP) is 12.7. The summed E-state index contributed by atoms with van der Waals surface area (Å²) in [5.41, 5.74) is 14.5. The average molecular weight is 668 g/mol. The van der Waals surface area contributed by atoms with Gasteiger partial charge in [-0.2, -0.15) is 0 Å². The lowest BCUT2D eigenvalue weighted by atomic mass is 9.97. The van der Waals surface area contributed by atoms with Gasteiger partial charge >= 0.3 is 0 Å². The zero-order valence-corrected chi connectivity index (χ0v) is 28.9. The number of fused-ring (bicyclic) bond motifs is 7. The van der Waals surface area contributed by atoms with E-state index in [-0.39, 0.29) is 0 Å². The molecule has 3 nitrogen and oxygen atoms in total. The third-order valence-electron chi connectivity index (χ3n) is 10.6. The first-order valence-electron chi connectivity index (χ1n) is 18.2. The number of para-hydroxylation sites is 5. The fourth-order valence-electron chi connectivity index (χ4n) is 8.30. The third-order valence-corrected chi connectivity index (χ3v) is 10.6. The number of hydrogen-bond acceptors (Lipinski definition) is 0. The van der Waals surface area contributed by atoms with Crippen molar-refractivity contribution in [3.63, 3.8) is 0 Å². The first kappa shape index (κ1) is 30.3. The van der Waals surface area contributed by atoms with Crippen molar-refractivity contribution in [2.45, 2.75) is 19.3 Å². The number of nitrogens with zero attached hydrogens (tertiary/aromatic N) is 3. The molecule has 0 saturated heterocycles. The van der Waals surface area contributed by atoms with Crippen LogP contribution in [0.15, 0.2) is 182 Å². The van der Waals surface area contributed by atoms with Crippen LogP contribution in [0.2, 0.25) is 0 Å². The molecule has 0 aliphatic heterocycles. The summed E-state index contributed by atoms with van der Waals surface area (Å²) in [5, 5.41) is 3.67. The minimum atomic E-state index is 0.885. The van der Waals surface area contributed by atoms with Crippen molar-refractivity contribution in [1.82, 2.24) is 13.7 Å². The summed E-state index contributed by atoms with van der Waals surface area (Å²) >= 11 is 0. The molecule has 2 aliphatic rings. The van der Waals surface area contributed by atoms with Crippen molar-refractivity contribution in [2.75, 3.05) is 0 Å². The molecule has 0 saturated carbocycles. The van der Waals surface area contributed by atoms with Gasteiger partial charge in [-0.15, -0.1) is 0 Å². The Balaban J connectivity index is 1.26. The summed E-state index contributed by atoms with van der Waals surface area (Å²) in [6.45, 7) is 0. The SMILES string of the molecule is C1=CCCC(c2cccc(-n3c4ccccc4c4ccccc4n(-c4ccc(-n5c6c(c7ccccc75)C=CC=CC6)cc4)c4ccccc43)c2)=C1. The van der Waals surface area contributed by atoms with Gasteiger partial charge in [0.25, 0.3) is 0 Å². The van der Waals surface area contributed by atoms with Gasteiger partial charge in [0.15, 0.2) is 0 Å². The van der Waals surface area contributed by atoms with Crippen molar-refractivity contribution in [3.8, 4) is 17.1 Å². The fraction of sp³-hybridized carbons (Fsp3) is 0.0612. The summed E-state index contributed by atoms with van der Waals surface area (Å²) < 4.78 is 7.33. The van der Waals surface area contributed by atoms with Crippen LogP contribution >= 0.6 is 0 Å². The maximum atomic E-state index is 2.45. The minimum Gasteiger partial charge on any atom is -0.313 e. The molecule has 0 radical (unpaired) electrons. The van der Waals surface area contributed by atoms with Gasteiger partial charge in [-0.1, -0.05) is 121 Å². The molecule has 0 unspecified atom stereocenters. The van der Waals surface area contributed by atoms with Crippen molar-refractivity contribution in [2.24, 2.45) is 0 Å². The molecule has 0 fully saturated rings. The second-order valence-corrected chi connectivity index (χ2v) is 13.6. The van der Waals surface area contributed by atoms with Crippen molar-refractivity contribution in [1.29, 1.82) is 0 Å². The van der Waals surface area contributed by atoms with E-state index in [0.29, 0.717) is 0 Å². The monoisotopic (exact) mass is 667 g/mol. The first-order valence-corrected chi connectivity index (χ1v) is 18.2. The summed E-state index contributed by atoms with van der Waals surface area (Å²) in [7, 11) is 0. The van der Waals surface area contributed by atoms with Crippen molar-refractivity contribution < 1.29 is 0 Å². The van der Waals surface area contributed by atoms with Gasteiger partial charge in [0, 0.05) is 50.9 Å². The second-order valence-electron chi connectivity index (χ2n) is 13.6. The van der Waals surface area contributed by atoms with Gasteiger partial charge in [-0.3, -0.25) is 0 Å². The number of benzene rings is 6. The normalized spacial score (nSPS) is 13.8. The Bertz CT molecular complexity index is 2860. The molecular formula is C49H37N3. The molecule has 0 atom stereocenters. The van der Waals surface area contributed by atoms with Crippen LogP contribution in [0.5, 0.6) is 0 Å². The van der Waals surface area contributed by atoms with E-state index in [0.717, 1.165) is 58.4 Å². The Kier molecular flexibility index (Phi) is 7.35. The lowest BCUT2D eigenvalue weighted by Crippen LogP contribution is -2.05. The van der Waals surface area contributed by atoms with E-state index < -0.39 is 0 Å². The van der Waals surface area contributed by atoms with E-state index in [4.69, 9.17) is 0 Å². The maximum Gasteiger partial charge on any atom is 0.0702 e. The van der Waals surface area contributed by atoms with Crippen LogP contribution < -0.4 is 0 Å². The molecule has 6 aromatic carbocycles. The summed E-state index contributed by atoms with van der Waals surface area (Å²) in [6.07, 6.45) is 18.5. The standard InChI is InChI=1S/C49H37N3/c1-3-16-35(17-4-1)36-18-15-19-39(34-36)52-47-27-12-9-23-43(47)42-22-8-11-26-46(42)51(48-28-13-14-29-49(48)52)38-32-30-37(31-33-38)50-44-24-6-2-5-20-40(44)41-21-7-10-25-45(41)50/h1-3,5-16,18-23,25-34H,4,17,24H2. The molecule has 0 spiro atoms. The average Bonchev–Trinajstić information content (AvgIpc) is 3.32. The lowest BCUT2D eigenvalue weighted by Gasteiger charge is -2.21. The highest BCUT2D eigenvalue weighted by Gasteiger charge is 2.18. The van der Waals surface area contributed by atoms with E-state index >= 15 is 0 Å². The van der Waals surface area contributed by atoms with E-state index in [1.807, 2.05) is 0 Å². The van der Waals surface area contributed by atoms with E-state index in [9.17, 15) is 0 Å². The van der Waals surface area contributed by atoms with Crippen LogP contribution in [-0.2, 0) is 6.42 Å². The van der Waals surface area contributed by atoms with E-state index in [2.05, 4.69) is 202 Å². The smallest absolute Gasteiger partial charge is 0.0702 e. The molecule has 10 rings (SSSR count). The van der Waals surface area contributed by atoms with Crippen molar-refractivity contribution in [3.05, 3.63) is 199 Å². The Hall–Kier alpha value is -6.58. The van der Waals surface area contributed by atoms with E-state index in [1.165, 1.54) is 44.1 Å². The summed E-state index contributed by atoms with van der Waals surface area (Å²) in [5.74, 6) is 0. The first-order chi connectivity index (χ1) is 25.8. The third kappa shape index (κ3) is 4.97. The van der Waals surface area contributed by atoms with Crippen LogP contribution in [0.4, 0.5) is 0 Å². The fourth-order valence-corrected chi connectivity index (χ4v) is 8.30. The van der Waals surface area contributed by atoms with Crippen LogP contribution in [0.1, 0.15) is 29.7 Å². The quantitative estimate of drug-likeness (QED) is 0.177. The van der Waals surface area contributed by atoms with Crippen LogP contribution in [0.3, 0.4) is 0 Å². The van der Waals surface area contributed by atoms with Gasteiger partial charge in [0.1, 0.15) is 0 Å². The Morgan fingerprint density at radius 2 is 1.00 bits per heavy atom. The molecule has 0 bridgehead atoms. The number of aromatic nitrogens is 3. The minimum absolute atomic E-state index is 0.885. The summed E-state index contributed by atoms with van der Waals surface area (Å²) in [6, 6.07) is 53.5. The molecular weight excluding hydrogens is 631 g/mol. The van der Waals surface area contributed by atoms with Gasteiger partial charge in [-0.25, -0.2) is 0 Å². The highest BCUT2D eigenvalue weighted by Crippen LogP contribution is 2.35. The predicted molar refractivity (Wildman–Crippen MR) is 220 cm³/mol. The molecule has 2 aromatic heterocycles. The zero-order chi connectivity index (χ0) is 34.4. The van der Waals surface area contributed by atoms with Crippen LogP contribution in [0, 0.1) is 0 Å². The molecule has 248 valence electrons. The van der Waals surface area contributed by atoms with E-state index in [1.54, 1.807) is 0 Å². The molecule has 2 heterocycles. The zero-order valence-electron chi connectivity index (χ0n) is 28.9. The van der Waals surface area contributed by atoms with Gasteiger partial charge in [-0.05, 0) is 90.7 Å². The Morgan fingerprint density at radius 1 is 0.423 bits per heavy atom. The highest BCUT2D eigenvalue weighted by atomic mass is 15.0. The number of rotatable bonds is 4. The van der Waals surface area contributed by atoms with Gasteiger partial charge in [0.05, 0.1) is 27.6 Å². The Labute approximate surface area is 303 Å². The summed E-state index contributed by atoms with van der Waals surface area (Å²) in [4.78, 5) is 0. The van der Waals surface area contributed by atoms with Crippen LogP contribution in [0.25, 0.3) is 72.5 Å². The molecule has 2 aliphatic carbocycles. The maximum absolute atomic E-state index is 2.45. The molecule has 0 amide bonds. The molecule has 0 N–H and O–H groups in total. The number of allylic oxidation sites excluding steroid dienone is 7. The Morgan fingerprint density at radius 3 is 1.65 bits per heavy atom. The molecule has 3 heteroatoms. The molecule has 8 aromatic rings. The largest absolute Gasteiger partial charge is 0.313 e. The van der Waals surface area contributed by atoms with Crippen LogP contribution in [-0.4, -0.2) is 13.7 Å².